The summed E-state index contributed by atoms with van der Waals surface area (Å²) in [4.78, 5) is 17.3. The Bertz CT molecular complexity index is 678. The van der Waals surface area contributed by atoms with Crippen molar-refractivity contribution in [2.45, 2.75) is 13.1 Å². The van der Waals surface area contributed by atoms with E-state index in [4.69, 9.17) is 4.74 Å². The predicted molar refractivity (Wildman–Crippen MR) is 80.8 cm³/mol. The summed E-state index contributed by atoms with van der Waals surface area (Å²) in [7, 11) is 3.05. The maximum atomic E-state index is 13.6. The smallest absolute Gasteiger partial charge is 0.317 e. The Morgan fingerprint density at radius 3 is 2.70 bits per heavy atom. The number of halogens is 2. The first-order valence-corrected chi connectivity index (χ1v) is 6.91. The van der Waals surface area contributed by atoms with Crippen LogP contribution >= 0.6 is 0 Å². The van der Waals surface area contributed by atoms with Gasteiger partial charge in [-0.3, -0.25) is 0 Å². The van der Waals surface area contributed by atoms with Gasteiger partial charge in [-0.2, -0.15) is 0 Å². The van der Waals surface area contributed by atoms with Gasteiger partial charge in [0.1, 0.15) is 11.6 Å². The van der Waals surface area contributed by atoms with Crippen LogP contribution < -0.4 is 10.1 Å². The number of methoxy groups -OCH3 is 1. The number of nitrogens with zero attached hydrogens (tertiary/aromatic N) is 2. The monoisotopic (exact) mass is 321 g/mol. The second-order valence-electron chi connectivity index (χ2n) is 4.96. The highest BCUT2D eigenvalue weighted by Gasteiger charge is 2.12. The molecule has 0 aliphatic heterocycles. The molecule has 1 heterocycles. The van der Waals surface area contributed by atoms with Crippen LogP contribution in [0.1, 0.15) is 11.1 Å². The maximum Gasteiger partial charge on any atom is 0.317 e. The van der Waals surface area contributed by atoms with E-state index in [1.807, 2.05) is 0 Å². The van der Waals surface area contributed by atoms with Gasteiger partial charge < -0.3 is 15.0 Å². The number of carbonyl (C=O) groups excluding carboxylic acids is 1. The van der Waals surface area contributed by atoms with E-state index in [-0.39, 0.29) is 24.7 Å². The number of nitrogens with one attached hydrogen (secondary N) is 1. The van der Waals surface area contributed by atoms with Gasteiger partial charge in [0.2, 0.25) is 5.88 Å². The Hall–Kier alpha value is -2.70. The van der Waals surface area contributed by atoms with Gasteiger partial charge in [0.25, 0.3) is 0 Å². The summed E-state index contributed by atoms with van der Waals surface area (Å²) < 4.78 is 31.4. The number of carbonyl (C=O) groups is 1. The van der Waals surface area contributed by atoms with E-state index < -0.39 is 11.6 Å². The predicted octanol–water partition coefficient (Wildman–Crippen LogP) is 2.71. The van der Waals surface area contributed by atoms with Crippen molar-refractivity contribution < 1.29 is 18.3 Å². The highest BCUT2D eigenvalue weighted by atomic mass is 19.1. The Morgan fingerprint density at radius 1 is 1.30 bits per heavy atom. The van der Waals surface area contributed by atoms with Gasteiger partial charge in [-0.05, 0) is 11.6 Å². The molecule has 1 aromatic carbocycles. The second kappa shape index (κ2) is 7.53. The standard InChI is InChI=1S/C16H17F2N3O2/c1-21(10-12-4-5-13(17)7-14(12)18)16(22)20-9-11-3-6-15(23-2)19-8-11/h3-8H,9-10H2,1-2H3,(H,20,22). The number of hydrogen-bond donors (Lipinski definition) is 1. The fourth-order valence-electron chi connectivity index (χ4n) is 1.93. The zero-order chi connectivity index (χ0) is 16.8. The molecule has 122 valence electrons. The van der Waals surface area contributed by atoms with E-state index in [9.17, 15) is 13.6 Å². The van der Waals surface area contributed by atoms with E-state index in [0.717, 1.165) is 17.7 Å². The van der Waals surface area contributed by atoms with Crippen molar-refractivity contribution in [2.75, 3.05) is 14.2 Å². The molecule has 2 amide bonds. The van der Waals surface area contributed by atoms with Crippen LogP contribution in [0.2, 0.25) is 0 Å². The van der Waals surface area contributed by atoms with Crippen molar-refractivity contribution in [1.29, 1.82) is 0 Å². The largest absolute Gasteiger partial charge is 0.481 e. The van der Waals surface area contributed by atoms with Gasteiger partial charge in [-0.25, -0.2) is 18.6 Å². The summed E-state index contributed by atoms with van der Waals surface area (Å²) >= 11 is 0. The van der Waals surface area contributed by atoms with Gasteiger partial charge in [0.15, 0.2) is 0 Å². The Morgan fingerprint density at radius 2 is 2.09 bits per heavy atom. The first-order chi connectivity index (χ1) is 11.0. The molecule has 0 fully saturated rings. The summed E-state index contributed by atoms with van der Waals surface area (Å²) in [5.41, 5.74) is 1.05. The molecule has 0 radical (unpaired) electrons. The fraction of sp³-hybridized carbons (Fsp3) is 0.250. The van der Waals surface area contributed by atoms with E-state index in [0.29, 0.717) is 5.88 Å². The number of aromatic nitrogens is 1. The number of urea groups is 1. The van der Waals surface area contributed by atoms with Gasteiger partial charge in [-0.1, -0.05) is 12.1 Å². The maximum absolute atomic E-state index is 13.6. The molecular formula is C16H17F2N3O2. The average molecular weight is 321 g/mol. The molecular weight excluding hydrogens is 304 g/mol. The molecule has 0 aliphatic carbocycles. The summed E-state index contributed by atoms with van der Waals surface area (Å²) in [5.74, 6) is -0.835. The molecule has 2 aromatic rings. The molecule has 23 heavy (non-hydrogen) atoms. The van der Waals surface area contributed by atoms with Crippen LogP contribution in [0.4, 0.5) is 13.6 Å². The first-order valence-electron chi connectivity index (χ1n) is 6.91. The Kier molecular flexibility index (Phi) is 5.46. The number of benzene rings is 1. The van der Waals surface area contributed by atoms with Crippen molar-refractivity contribution in [1.82, 2.24) is 15.2 Å². The number of hydrogen-bond acceptors (Lipinski definition) is 3. The lowest BCUT2D eigenvalue weighted by Crippen LogP contribution is -2.36. The lowest BCUT2D eigenvalue weighted by atomic mass is 10.2. The lowest BCUT2D eigenvalue weighted by molar-refractivity contribution is 0.206. The lowest BCUT2D eigenvalue weighted by Gasteiger charge is -2.18. The molecule has 5 nitrogen and oxygen atoms in total. The van der Waals surface area contributed by atoms with Gasteiger partial charge in [-0.15, -0.1) is 0 Å². The quantitative estimate of drug-likeness (QED) is 0.921. The normalized spacial score (nSPS) is 10.3. The van der Waals surface area contributed by atoms with Crippen molar-refractivity contribution in [3.05, 3.63) is 59.3 Å². The molecule has 0 bridgehead atoms. The summed E-state index contributed by atoms with van der Waals surface area (Å²) in [6, 6.07) is 6.38. The number of rotatable bonds is 5. The molecule has 1 N–H and O–H groups in total. The molecule has 0 unspecified atom stereocenters. The highest BCUT2D eigenvalue weighted by molar-refractivity contribution is 5.73. The summed E-state index contributed by atoms with van der Waals surface area (Å²) in [5, 5.41) is 2.70. The zero-order valence-corrected chi connectivity index (χ0v) is 12.8. The third kappa shape index (κ3) is 4.64. The average Bonchev–Trinajstić information content (AvgIpc) is 2.55. The SMILES string of the molecule is COc1ccc(CNC(=O)N(C)Cc2ccc(F)cc2F)cn1. The first kappa shape index (κ1) is 16.7. The molecule has 0 aliphatic rings. The van der Waals surface area contributed by atoms with Gasteiger partial charge in [0, 0.05) is 44.0 Å². The van der Waals surface area contributed by atoms with Crippen LogP contribution in [-0.2, 0) is 13.1 Å². The van der Waals surface area contributed by atoms with Crippen LogP contribution in [0.5, 0.6) is 5.88 Å². The topological polar surface area (TPSA) is 54.5 Å². The number of amides is 2. The van der Waals surface area contributed by atoms with E-state index in [1.54, 1.807) is 18.3 Å². The molecule has 7 heteroatoms. The van der Waals surface area contributed by atoms with Crippen molar-refractivity contribution in [3.8, 4) is 5.88 Å². The zero-order valence-electron chi connectivity index (χ0n) is 12.8. The Balaban J connectivity index is 1.89. The fourth-order valence-corrected chi connectivity index (χ4v) is 1.93. The number of ether oxygens (including phenoxy) is 1. The van der Waals surface area contributed by atoms with Gasteiger partial charge in [0.05, 0.1) is 7.11 Å². The minimum atomic E-state index is -0.677. The van der Waals surface area contributed by atoms with Crippen molar-refractivity contribution in [2.24, 2.45) is 0 Å². The summed E-state index contributed by atoms with van der Waals surface area (Å²) in [6.07, 6.45) is 1.60. The van der Waals surface area contributed by atoms with Crippen molar-refractivity contribution >= 4 is 6.03 Å². The van der Waals surface area contributed by atoms with Crippen LogP contribution in [0.25, 0.3) is 0 Å². The summed E-state index contributed by atoms with van der Waals surface area (Å²) in [6.45, 7) is 0.324. The molecule has 2 rings (SSSR count). The third-order valence-corrected chi connectivity index (χ3v) is 3.22. The van der Waals surface area contributed by atoms with E-state index in [1.165, 1.54) is 25.1 Å². The molecule has 0 saturated carbocycles. The third-order valence-electron chi connectivity index (χ3n) is 3.22. The minimum Gasteiger partial charge on any atom is -0.481 e. The molecule has 1 aromatic heterocycles. The van der Waals surface area contributed by atoms with Crippen molar-refractivity contribution in [3.63, 3.8) is 0 Å². The Labute approximate surface area is 132 Å². The molecule has 0 saturated heterocycles. The molecule has 0 spiro atoms. The highest BCUT2D eigenvalue weighted by Crippen LogP contribution is 2.12. The number of pyridine rings is 1. The molecule has 0 atom stereocenters. The van der Waals surface area contributed by atoms with Crippen LogP contribution in [0, 0.1) is 11.6 Å². The minimum absolute atomic E-state index is 0.0405. The second-order valence-corrected chi connectivity index (χ2v) is 4.96. The van der Waals surface area contributed by atoms with Crippen LogP contribution in [-0.4, -0.2) is 30.1 Å². The van der Waals surface area contributed by atoms with Crippen LogP contribution in [0.3, 0.4) is 0 Å². The van der Waals surface area contributed by atoms with E-state index >= 15 is 0 Å². The van der Waals surface area contributed by atoms with Crippen LogP contribution in [0.15, 0.2) is 36.5 Å². The van der Waals surface area contributed by atoms with E-state index in [2.05, 4.69) is 10.3 Å². The van der Waals surface area contributed by atoms with Gasteiger partial charge >= 0.3 is 6.03 Å².